The van der Waals surface area contributed by atoms with Crippen LogP contribution in [0.4, 0.5) is 0 Å². The molecule has 0 aromatic heterocycles. The summed E-state index contributed by atoms with van der Waals surface area (Å²) in [6.07, 6.45) is 0. The van der Waals surface area contributed by atoms with Crippen LogP contribution >= 0.6 is 0 Å². The molecule has 0 atom stereocenters. The SMILES string of the molecule is C[CH2][Zr]([CH2]C)([NH]C)([N](C(C)C)C(C)C)[N](C(C)C)C(C)C. The van der Waals surface area contributed by atoms with Crippen LogP contribution in [0.15, 0.2) is 0 Å². The van der Waals surface area contributed by atoms with Crippen molar-refractivity contribution in [3.8, 4) is 0 Å². The van der Waals surface area contributed by atoms with Gasteiger partial charge in [-0.2, -0.15) is 0 Å². The van der Waals surface area contributed by atoms with Crippen LogP contribution in [0.2, 0.25) is 8.26 Å². The van der Waals surface area contributed by atoms with E-state index in [1.54, 1.807) is 0 Å². The molecule has 0 saturated carbocycles. The van der Waals surface area contributed by atoms with E-state index in [0.29, 0.717) is 24.2 Å². The molecular weight excluding hydrogens is 337 g/mol. The second kappa shape index (κ2) is 8.04. The predicted octanol–water partition coefficient (Wildman–Crippen LogP) is 4.75. The van der Waals surface area contributed by atoms with Gasteiger partial charge in [0.05, 0.1) is 0 Å². The topological polar surface area (TPSA) is 18.5 Å². The molecule has 0 amide bonds. The molecule has 0 aliphatic carbocycles. The van der Waals surface area contributed by atoms with E-state index < -0.39 is 19.7 Å². The van der Waals surface area contributed by atoms with E-state index in [0.717, 1.165) is 0 Å². The minimum atomic E-state index is -3.48. The van der Waals surface area contributed by atoms with Crippen molar-refractivity contribution in [1.29, 1.82) is 0 Å². The number of nitrogens with one attached hydrogen (secondary N) is 1. The van der Waals surface area contributed by atoms with Gasteiger partial charge in [-0.05, 0) is 0 Å². The molecule has 0 aromatic carbocycles. The van der Waals surface area contributed by atoms with Crippen LogP contribution in [0.25, 0.3) is 0 Å². The van der Waals surface area contributed by atoms with Crippen molar-refractivity contribution >= 4 is 0 Å². The number of rotatable bonds is 9. The molecule has 3 nitrogen and oxygen atoms in total. The van der Waals surface area contributed by atoms with Gasteiger partial charge in [-0.1, -0.05) is 0 Å². The van der Waals surface area contributed by atoms with Crippen LogP contribution in [0.5, 0.6) is 0 Å². The van der Waals surface area contributed by atoms with Crippen LogP contribution in [0.1, 0.15) is 69.2 Å². The summed E-state index contributed by atoms with van der Waals surface area (Å²) < 4.78 is 12.3. The first kappa shape index (κ1) is 21.8. The quantitative estimate of drug-likeness (QED) is 0.623. The van der Waals surface area contributed by atoms with Crippen molar-refractivity contribution in [1.82, 2.24) is 8.95 Å². The van der Waals surface area contributed by atoms with E-state index in [-0.39, 0.29) is 0 Å². The van der Waals surface area contributed by atoms with Gasteiger partial charge in [0, 0.05) is 0 Å². The number of hydrogen-bond donors (Lipinski definition) is 1. The Morgan fingerprint density at radius 1 is 0.667 bits per heavy atom. The van der Waals surface area contributed by atoms with Crippen LogP contribution in [-0.2, 0) is 19.7 Å². The molecule has 0 fully saturated rings. The van der Waals surface area contributed by atoms with Crippen molar-refractivity contribution in [3.05, 3.63) is 0 Å². The molecule has 0 spiro atoms. The molecule has 0 heterocycles. The molecule has 0 unspecified atom stereocenters. The predicted molar refractivity (Wildman–Crippen MR) is 94.2 cm³/mol. The van der Waals surface area contributed by atoms with E-state index in [4.69, 9.17) is 0 Å². The zero-order valence-corrected chi connectivity index (χ0v) is 19.1. The third-order valence-electron chi connectivity index (χ3n) is 5.51. The van der Waals surface area contributed by atoms with Crippen molar-refractivity contribution in [2.24, 2.45) is 0 Å². The Hall–Kier alpha value is 0.763. The fourth-order valence-electron chi connectivity index (χ4n) is 5.36. The first-order valence-corrected chi connectivity index (χ1v) is 15.9. The maximum atomic E-state index is 4.02. The zero-order valence-electron chi connectivity index (χ0n) is 16.6. The molecule has 0 saturated heterocycles. The van der Waals surface area contributed by atoms with Gasteiger partial charge in [0.2, 0.25) is 0 Å². The Morgan fingerprint density at radius 2 is 0.905 bits per heavy atom. The van der Waals surface area contributed by atoms with Crippen molar-refractivity contribution in [3.63, 3.8) is 0 Å². The Morgan fingerprint density at radius 3 is 1.00 bits per heavy atom. The fraction of sp³-hybridized carbons (Fsp3) is 1.00. The minimum absolute atomic E-state index is 0.572. The molecule has 129 valence electrons. The Bertz CT molecular complexity index is 258. The monoisotopic (exact) mass is 378 g/mol. The van der Waals surface area contributed by atoms with Crippen LogP contribution in [0, 0.1) is 0 Å². The van der Waals surface area contributed by atoms with Gasteiger partial charge < -0.3 is 0 Å². The Kier molecular flexibility index (Phi) is 8.33. The second-order valence-electron chi connectivity index (χ2n) is 7.71. The van der Waals surface area contributed by atoms with E-state index >= 15 is 0 Å². The molecule has 0 radical (unpaired) electrons. The van der Waals surface area contributed by atoms with E-state index in [9.17, 15) is 0 Å². The zero-order chi connectivity index (χ0) is 17.0. The van der Waals surface area contributed by atoms with Gasteiger partial charge >= 0.3 is 137 Å². The van der Waals surface area contributed by atoms with Crippen molar-refractivity contribution in [2.75, 3.05) is 7.05 Å². The van der Waals surface area contributed by atoms with Crippen LogP contribution < -0.4 is 3.26 Å². The summed E-state index contributed by atoms with van der Waals surface area (Å²) in [7, 11) is 2.23. The van der Waals surface area contributed by atoms with Gasteiger partial charge in [-0.15, -0.1) is 0 Å². The summed E-state index contributed by atoms with van der Waals surface area (Å²) >= 11 is -3.48. The number of hydrogen-bond acceptors (Lipinski definition) is 3. The average Bonchev–Trinajstić information content (AvgIpc) is 2.35. The number of nitrogens with zero attached hydrogens (tertiary/aromatic N) is 2. The Balaban J connectivity index is 6.48. The molecule has 0 aliphatic heterocycles. The average molecular weight is 380 g/mol. The molecular formula is C17H42N3Zr. The summed E-state index contributed by atoms with van der Waals surface area (Å²) in [5.74, 6) is 0. The molecule has 21 heavy (non-hydrogen) atoms. The molecule has 1 N–H and O–H groups in total. The fourth-order valence-corrected chi connectivity index (χ4v) is 25.8. The molecule has 0 aliphatic rings. The maximum absolute atomic E-state index is 4.02. The van der Waals surface area contributed by atoms with Crippen LogP contribution in [0.3, 0.4) is 0 Å². The molecule has 0 rings (SSSR count). The summed E-state index contributed by atoms with van der Waals surface area (Å²) in [5.41, 5.74) is 0. The Labute approximate surface area is 137 Å². The van der Waals surface area contributed by atoms with Crippen molar-refractivity contribution < 1.29 is 19.7 Å². The molecule has 0 aromatic rings. The van der Waals surface area contributed by atoms with Gasteiger partial charge in [0.1, 0.15) is 0 Å². The third-order valence-corrected chi connectivity index (χ3v) is 26.7. The van der Waals surface area contributed by atoms with Gasteiger partial charge in [0.25, 0.3) is 0 Å². The standard InChI is InChI=1S/2C6H14N.2C2H5.CH4N.Zr/c2*1-5(2)7-6(3)4;3*1-2;/h2*5-6H,1-4H3;2*1H2,2H3;2H,1H3;/q2*-1;;;-1;+3. The van der Waals surface area contributed by atoms with Gasteiger partial charge in [-0.25, -0.2) is 0 Å². The van der Waals surface area contributed by atoms with E-state index in [1.165, 1.54) is 8.26 Å². The summed E-state index contributed by atoms with van der Waals surface area (Å²) in [5, 5.41) is 0. The third kappa shape index (κ3) is 3.65. The summed E-state index contributed by atoms with van der Waals surface area (Å²) in [4.78, 5) is 0. The first-order chi connectivity index (χ1) is 9.54. The van der Waals surface area contributed by atoms with Crippen LogP contribution in [-0.4, -0.2) is 36.9 Å². The summed E-state index contributed by atoms with van der Waals surface area (Å²) in [6, 6.07) is 2.29. The molecule has 0 bridgehead atoms. The van der Waals surface area contributed by atoms with Gasteiger partial charge in [0.15, 0.2) is 0 Å². The summed E-state index contributed by atoms with van der Waals surface area (Å²) in [6.45, 7) is 23.8. The van der Waals surface area contributed by atoms with Crippen molar-refractivity contribution in [2.45, 2.75) is 102 Å². The van der Waals surface area contributed by atoms with E-state index in [1.807, 2.05) is 0 Å². The first-order valence-electron chi connectivity index (χ1n) is 8.97. The van der Waals surface area contributed by atoms with Gasteiger partial charge in [-0.3, -0.25) is 0 Å². The normalized spacial score (nSPS) is 15.8. The van der Waals surface area contributed by atoms with E-state index in [2.05, 4.69) is 85.2 Å². The second-order valence-corrected chi connectivity index (χ2v) is 22.6. The molecule has 4 heteroatoms.